The van der Waals surface area contributed by atoms with Crippen LogP contribution in [0.15, 0.2) is 72.8 Å². The zero-order valence-electron chi connectivity index (χ0n) is 19.4. The number of unbranched alkanes of at least 4 members (excludes halogenated alkanes) is 1. The minimum absolute atomic E-state index is 0.400. The second kappa shape index (κ2) is 10.2. The number of rotatable bonds is 11. The van der Waals surface area contributed by atoms with Crippen molar-refractivity contribution in [2.45, 2.75) is 51.0 Å². The molecular formula is C29H32O4. The van der Waals surface area contributed by atoms with Gasteiger partial charge in [0.05, 0.1) is 6.61 Å². The topological polar surface area (TPSA) is 55.8 Å². The van der Waals surface area contributed by atoms with Crippen molar-refractivity contribution >= 4 is 5.97 Å². The lowest BCUT2D eigenvalue weighted by Crippen LogP contribution is -2.35. The highest BCUT2D eigenvalue weighted by molar-refractivity contribution is 5.79. The van der Waals surface area contributed by atoms with Gasteiger partial charge in [0, 0.05) is 12.5 Å². The van der Waals surface area contributed by atoms with Crippen LogP contribution in [0.3, 0.4) is 0 Å². The third-order valence-electron chi connectivity index (χ3n) is 6.53. The Morgan fingerprint density at radius 3 is 2.06 bits per heavy atom. The van der Waals surface area contributed by atoms with Crippen LogP contribution in [0.1, 0.15) is 62.1 Å². The smallest absolute Gasteiger partial charge is 0.340 e. The maximum Gasteiger partial charge on any atom is 0.340 e. The van der Waals surface area contributed by atoms with Gasteiger partial charge in [-0.1, -0.05) is 67.6 Å². The molecule has 3 aromatic carbocycles. The molecule has 1 N–H and O–H groups in total. The molecule has 0 saturated carbocycles. The van der Waals surface area contributed by atoms with E-state index in [1.165, 1.54) is 22.3 Å². The van der Waals surface area contributed by atoms with Crippen molar-refractivity contribution in [2.24, 2.45) is 0 Å². The van der Waals surface area contributed by atoms with Crippen LogP contribution in [0, 0.1) is 0 Å². The lowest BCUT2D eigenvalue weighted by atomic mass is 9.92. The van der Waals surface area contributed by atoms with Crippen molar-refractivity contribution in [3.8, 4) is 16.9 Å². The standard InChI is InChI=1S/C29H32O4/c1-3-19-33-29(2,28(30)31)21-15-17-22(18-16-21)32-20-9-8-14-27-25-12-6-4-10-23(25)24-11-5-7-13-26(24)27/h4-7,10-13,15-18,27H,3,8-9,14,19-20H2,1-2H3,(H,30,31). The fourth-order valence-corrected chi connectivity index (χ4v) is 4.66. The largest absolute Gasteiger partial charge is 0.494 e. The average Bonchev–Trinajstić information content (AvgIpc) is 3.16. The summed E-state index contributed by atoms with van der Waals surface area (Å²) >= 11 is 0. The van der Waals surface area contributed by atoms with Gasteiger partial charge < -0.3 is 14.6 Å². The minimum Gasteiger partial charge on any atom is -0.494 e. The fraction of sp³-hybridized carbons (Fsp3) is 0.345. The summed E-state index contributed by atoms with van der Waals surface area (Å²) in [5.41, 5.74) is 4.87. The molecular weight excluding hydrogens is 412 g/mol. The maximum atomic E-state index is 11.8. The number of carbonyl (C=O) groups is 1. The predicted octanol–water partition coefficient (Wildman–Crippen LogP) is 6.77. The number of ether oxygens (including phenoxy) is 2. The summed E-state index contributed by atoms with van der Waals surface area (Å²) in [6.07, 6.45) is 3.91. The molecule has 0 saturated heterocycles. The Hall–Kier alpha value is -3.11. The van der Waals surface area contributed by atoms with Crippen LogP contribution in [-0.2, 0) is 15.1 Å². The van der Waals surface area contributed by atoms with Crippen LogP contribution in [0.25, 0.3) is 11.1 Å². The summed E-state index contributed by atoms with van der Waals surface area (Å²) < 4.78 is 11.6. The monoisotopic (exact) mass is 444 g/mol. The molecule has 0 bridgehead atoms. The summed E-state index contributed by atoms with van der Waals surface area (Å²) in [6, 6.07) is 24.7. The quantitative estimate of drug-likeness (QED) is 0.331. The van der Waals surface area contributed by atoms with Gasteiger partial charge in [0.2, 0.25) is 0 Å². The van der Waals surface area contributed by atoms with E-state index < -0.39 is 11.6 Å². The van der Waals surface area contributed by atoms with E-state index in [1.807, 2.05) is 19.1 Å². The third kappa shape index (κ3) is 4.81. The maximum absolute atomic E-state index is 11.8. The molecule has 0 heterocycles. The van der Waals surface area contributed by atoms with E-state index in [2.05, 4.69) is 48.5 Å². The number of benzene rings is 3. The molecule has 1 aliphatic rings. The lowest BCUT2D eigenvalue weighted by Gasteiger charge is -2.25. The highest BCUT2D eigenvalue weighted by Crippen LogP contribution is 2.46. The Balaban J connectivity index is 1.30. The van der Waals surface area contributed by atoms with Gasteiger partial charge in [-0.25, -0.2) is 4.79 Å². The number of carboxylic acid groups (broad SMARTS) is 1. The number of carboxylic acids is 1. The van der Waals surface area contributed by atoms with Crippen LogP contribution >= 0.6 is 0 Å². The molecule has 1 aliphatic carbocycles. The highest BCUT2D eigenvalue weighted by atomic mass is 16.5. The second-order valence-electron chi connectivity index (χ2n) is 8.78. The Labute approximate surface area is 196 Å². The van der Waals surface area contributed by atoms with E-state index >= 15 is 0 Å². The normalized spacial score (nSPS) is 14.4. The van der Waals surface area contributed by atoms with Crippen LogP contribution < -0.4 is 4.74 Å². The molecule has 172 valence electrons. The molecule has 4 rings (SSSR count). The summed E-state index contributed by atoms with van der Waals surface area (Å²) in [5.74, 6) is 0.215. The molecule has 0 aliphatic heterocycles. The van der Waals surface area contributed by atoms with Gasteiger partial charge >= 0.3 is 5.97 Å². The summed E-state index contributed by atoms with van der Waals surface area (Å²) in [5, 5.41) is 9.64. The van der Waals surface area contributed by atoms with Gasteiger partial charge in [-0.05, 0) is 72.6 Å². The first-order chi connectivity index (χ1) is 16.0. The summed E-state index contributed by atoms with van der Waals surface area (Å²) in [6.45, 7) is 4.60. The second-order valence-corrected chi connectivity index (χ2v) is 8.78. The van der Waals surface area contributed by atoms with Gasteiger partial charge in [0.15, 0.2) is 5.60 Å². The van der Waals surface area contributed by atoms with Crippen molar-refractivity contribution in [3.63, 3.8) is 0 Å². The Morgan fingerprint density at radius 2 is 1.48 bits per heavy atom. The molecule has 0 fully saturated rings. The third-order valence-corrected chi connectivity index (χ3v) is 6.53. The van der Waals surface area contributed by atoms with Crippen molar-refractivity contribution < 1.29 is 19.4 Å². The Morgan fingerprint density at radius 1 is 0.879 bits per heavy atom. The first kappa shape index (κ1) is 23.1. The van der Waals surface area contributed by atoms with E-state index in [-0.39, 0.29) is 0 Å². The zero-order valence-corrected chi connectivity index (χ0v) is 19.4. The summed E-state index contributed by atoms with van der Waals surface area (Å²) in [4.78, 5) is 11.8. The SMILES string of the molecule is CCCOC(C)(C(=O)O)c1ccc(OCCCCC2c3ccccc3-c3ccccc32)cc1. The molecule has 33 heavy (non-hydrogen) atoms. The molecule has 0 radical (unpaired) electrons. The number of hydrogen-bond donors (Lipinski definition) is 1. The molecule has 3 aromatic rings. The molecule has 4 heteroatoms. The zero-order chi connectivity index (χ0) is 23.3. The van der Waals surface area contributed by atoms with Gasteiger partial charge in [0.25, 0.3) is 0 Å². The molecule has 4 nitrogen and oxygen atoms in total. The predicted molar refractivity (Wildman–Crippen MR) is 131 cm³/mol. The van der Waals surface area contributed by atoms with Gasteiger partial charge in [0.1, 0.15) is 5.75 Å². The number of fused-ring (bicyclic) bond motifs is 3. The molecule has 1 atom stereocenters. The summed E-state index contributed by atoms with van der Waals surface area (Å²) in [7, 11) is 0. The van der Waals surface area contributed by atoms with Crippen molar-refractivity contribution in [3.05, 3.63) is 89.5 Å². The Kier molecular flexibility index (Phi) is 7.14. The van der Waals surface area contributed by atoms with Crippen molar-refractivity contribution in [2.75, 3.05) is 13.2 Å². The van der Waals surface area contributed by atoms with Crippen LogP contribution in [0.4, 0.5) is 0 Å². The van der Waals surface area contributed by atoms with Gasteiger partial charge in [-0.3, -0.25) is 0 Å². The molecule has 0 aromatic heterocycles. The number of aliphatic carboxylic acids is 1. The Bertz CT molecular complexity index is 1040. The molecule has 1 unspecified atom stereocenters. The van der Waals surface area contributed by atoms with Crippen LogP contribution in [-0.4, -0.2) is 24.3 Å². The first-order valence-electron chi connectivity index (χ1n) is 11.8. The van der Waals surface area contributed by atoms with Crippen molar-refractivity contribution in [1.29, 1.82) is 0 Å². The lowest BCUT2D eigenvalue weighted by molar-refractivity contribution is -0.165. The van der Waals surface area contributed by atoms with E-state index in [1.54, 1.807) is 19.1 Å². The number of hydrogen-bond acceptors (Lipinski definition) is 3. The minimum atomic E-state index is -1.34. The van der Waals surface area contributed by atoms with Crippen LogP contribution in [0.2, 0.25) is 0 Å². The van der Waals surface area contributed by atoms with E-state index in [9.17, 15) is 9.90 Å². The van der Waals surface area contributed by atoms with E-state index in [0.717, 1.165) is 31.4 Å². The highest BCUT2D eigenvalue weighted by Gasteiger charge is 2.36. The molecule has 0 spiro atoms. The average molecular weight is 445 g/mol. The fourth-order valence-electron chi connectivity index (χ4n) is 4.66. The first-order valence-corrected chi connectivity index (χ1v) is 11.8. The van der Waals surface area contributed by atoms with Gasteiger partial charge in [-0.2, -0.15) is 0 Å². The van der Waals surface area contributed by atoms with Gasteiger partial charge in [-0.15, -0.1) is 0 Å². The molecule has 0 amide bonds. The van der Waals surface area contributed by atoms with Crippen LogP contribution in [0.5, 0.6) is 5.75 Å². The van der Waals surface area contributed by atoms with Crippen molar-refractivity contribution in [1.82, 2.24) is 0 Å². The van der Waals surface area contributed by atoms with E-state index in [4.69, 9.17) is 9.47 Å². The van der Waals surface area contributed by atoms with E-state index in [0.29, 0.717) is 24.7 Å².